The summed E-state index contributed by atoms with van der Waals surface area (Å²) in [6.45, 7) is 4.65. The first-order valence-corrected chi connectivity index (χ1v) is 9.24. The Morgan fingerprint density at radius 3 is 2.74 bits per heavy atom. The highest BCUT2D eigenvalue weighted by molar-refractivity contribution is 6.31. The van der Waals surface area contributed by atoms with Gasteiger partial charge in [-0.3, -0.25) is 9.79 Å². The summed E-state index contributed by atoms with van der Waals surface area (Å²) in [5.74, 6) is -2.42. The number of fused-ring (bicyclic) bond motifs is 1. The Kier molecular flexibility index (Phi) is 5.97. The Bertz CT molecular complexity index is 816. The molecule has 3 rings (SSSR count). The van der Waals surface area contributed by atoms with E-state index in [0.29, 0.717) is 40.6 Å². The normalized spacial score (nSPS) is 24.7. The van der Waals surface area contributed by atoms with Gasteiger partial charge >= 0.3 is 11.9 Å². The zero-order valence-electron chi connectivity index (χ0n) is 15.5. The Hall–Kier alpha value is -2.18. The second kappa shape index (κ2) is 8.23. The number of carbonyl (C=O) groups excluding carboxylic acids is 2. The van der Waals surface area contributed by atoms with E-state index in [1.807, 2.05) is 13.0 Å². The number of methoxy groups -OCH3 is 1. The van der Waals surface area contributed by atoms with E-state index in [2.05, 4.69) is 4.99 Å². The number of benzene rings is 1. The molecule has 144 valence electrons. The molecule has 2 aliphatic rings. The molecule has 0 amide bonds. The third kappa shape index (κ3) is 3.51. The van der Waals surface area contributed by atoms with E-state index >= 15 is 0 Å². The minimum Gasteiger partial charge on any atom is -0.466 e. The first-order chi connectivity index (χ1) is 13.0. The predicted octanol–water partition coefficient (Wildman–Crippen LogP) is 2.95. The topological polar surface area (TPSA) is 74.2 Å². The van der Waals surface area contributed by atoms with Gasteiger partial charge in [-0.1, -0.05) is 29.8 Å². The lowest BCUT2D eigenvalue weighted by Crippen LogP contribution is -2.48. The summed E-state index contributed by atoms with van der Waals surface area (Å²) in [5, 5.41) is 0.460. The molecule has 1 aliphatic carbocycles. The number of ether oxygens (including phenoxy) is 3. The number of hydrogen-bond acceptors (Lipinski definition) is 6. The summed E-state index contributed by atoms with van der Waals surface area (Å²) in [6.07, 6.45) is -0.541. The van der Waals surface area contributed by atoms with E-state index in [4.69, 9.17) is 25.8 Å². The number of esters is 2. The molecule has 0 N–H and O–H groups in total. The van der Waals surface area contributed by atoms with E-state index in [9.17, 15) is 9.59 Å². The second-order valence-electron chi connectivity index (χ2n) is 6.37. The Morgan fingerprint density at radius 2 is 2.07 bits per heavy atom. The minimum absolute atomic E-state index is 0.222. The Labute approximate surface area is 163 Å². The van der Waals surface area contributed by atoms with Gasteiger partial charge in [0.1, 0.15) is 12.0 Å². The zero-order valence-corrected chi connectivity index (χ0v) is 16.3. The quantitative estimate of drug-likeness (QED) is 0.738. The first-order valence-electron chi connectivity index (χ1n) is 8.87. The Balaban J connectivity index is 2.27. The van der Waals surface area contributed by atoms with Gasteiger partial charge in [-0.15, -0.1) is 0 Å². The average molecular weight is 392 g/mol. The van der Waals surface area contributed by atoms with Crippen LogP contribution in [-0.4, -0.2) is 50.6 Å². The highest BCUT2D eigenvalue weighted by atomic mass is 35.5. The SMILES string of the molecule is CCOC(=O)C1C2=NCCOC2C(C)=C(C(=O)OC)C1c1ccccc1Cl. The fourth-order valence-corrected chi connectivity index (χ4v) is 4.05. The predicted molar refractivity (Wildman–Crippen MR) is 101 cm³/mol. The van der Waals surface area contributed by atoms with Crippen LogP contribution < -0.4 is 0 Å². The Morgan fingerprint density at radius 1 is 1.33 bits per heavy atom. The molecule has 27 heavy (non-hydrogen) atoms. The van der Waals surface area contributed by atoms with Gasteiger partial charge in [-0.25, -0.2) is 4.79 Å². The minimum atomic E-state index is -0.798. The van der Waals surface area contributed by atoms with Crippen molar-refractivity contribution < 1.29 is 23.8 Å². The number of rotatable bonds is 4. The lowest BCUT2D eigenvalue weighted by Gasteiger charge is -2.39. The molecule has 6 nitrogen and oxygen atoms in total. The molecule has 0 radical (unpaired) electrons. The number of halogens is 1. The van der Waals surface area contributed by atoms with Crippen molar-refractivity contribution in [2.24, 2.45) is 10.9 Å². The van der Waals surface area contributed by atoms with Crippen LogP contribution in [0.1, 0.15) is 25.3 Å². The number of nitrogens with zero attached hydrogens (tertiary/aromatic N) is 1. The van der Waals surface area contributed by atoms with E-state index in [1.165, 1.54) is 7.11 Å². The molecular weight excluding hydrogens is 370 g/mol. The maximum atomic E-state index is 12.9. The molecule has 1 aromatic rings. The smallest absolute Gasteiger partial charge is 0.334 e. The van der Waals surface area contributed by atoms with Crippen molar-refractivity contribution in [2.45, 2.75) is 25.9 Å². The van der Waals surface area contributed by atoms with Crippen LogP contribution in [0.15, 0.2) is 40.4 Å². The van der Waals surface area contributed by atoms with Gasteiger partial charge in [0.05, 0.1) is 32.6 Å². The molecule has 0 saturated heterocycles. The van der Waals surface area contributed by atoms with Gasteiger partial charge in [0, 0.05) is 16.5 Å². The summed E-state index contributed by atoms with van der Waals surface area (Å²) >= 11 is 6.44. The highest BCUT2D eigenvalue weighted by Crippen LogP contribution is 2.45. The van der Waals surface area contributed by atoms with Gasteiger partial charge in [-0.2, -0.15) is 0 Å². The van der Waals surface area contributed by atoms with Crippen LogP contribution in [0.5, 0.6) is 0 Å². The van der Waals surface area contributed by atoms with Crippen molar-refractivity contribution in [3.8, 4) is 0 Å². The van der Waals surface area contributed by atoms with E-state index in [-0.39, 0.29) is 6.61 Å². The highest BCUT2D eigenvalue weighted by Gasteiger charge is 2.49. The van der Waals surface area contributed by atoms with Crippen molar-refractivity contribution in [1.29, 1.82) is 0 Å². The van der Waals surface area contributed by atoms with Crippen LogP contribution >= 0.6 is 11.6 Å². The van der Waals surface area contributed by atoms with Crippen molar-refractivity contribution in [3.63, 3.8) is 0 Å². The van der Waals surface area contributed by atoms with Gasteiger partial charge in [-0.05, 0) is 31.1 Å². The lowest BCUT2D eigenvalue weighted by atomic mass is 9.69. The largest absolute Gasteiger partial charge is 0.466 e. The summed E-state index contributed by atoms with van der Waals surface area (Å²) in [5.41, 5.74) is 2.29. The van der Waals surface area contributed by atoms with Gasteiger partial charge < -0.3 is 14.2 Å². The van der Waals surface area contributed by atoms with Crippen LogP contribution in [0.25, 0.3) is 0 Å². The second-order valence-corrected chi connectivity index (χ2v) is 6.78. The van der Waals surface area contributed by atoms with Crippen molar-refractivity contribution in [3.05, 3.63) is 46.0 Å². The zero-order chi connectivity index (χ0) is 19.6. The van der Waals surface area contributed by atoms with Crippen LogP contribution in [-0.2, 0) is 23.8 Å². The molecule has 0 bridgehead atoms. The summed E-state index contributed by atoms with van der Waals surface area (Å²) in [7, 11) is 1.32. The van der Waals surface area contributed by atoms with E-state index in [0.717, 1.165) is 0 Å². The maximum absolute atomic E-state index is 12.9. The van der Waals surface area contributed by atoms with E-state index < -0.39 is 29.9 Å². The molecule has 1 aliphatic heterocycles. The molecule has 1 aromatic carbocycles. The molecular formula is C20H22ClNO5. The molecule has 0 spiro atoms. The fraction of sp³-hybridized carbons (Fsp3) is 0.450. The van der Waals surface area contributed by atoms with Crippen molar-refractivity contribution in [2.75, 3.05) is 26.9 Å². The van der Waals surface area contributed by atoms with Crippen LogP contribution in [0.3, 0.4) is 0 Å². The summed E-state index contributed by atoms with van der Waals surface area (Å²) in [6, 6.07) is 7.15. The average Bonchev–Trinajstić information content (AvgIpc) is 2.68. The fourth-order valence-electron chi connectivity index (χ4n) is 3.79. The van der Waals surface area contributed by atoms with Crippen LogP contribution in [0.2, 0.25) is 5.02 Å². The number of aliphatic imine (C=N–C) groups is 1. The molecule has 7 heteroatoms. The van der Waals surface area contributed by atoms with Gasteiger partial charge in [0.25, 0.3) is 0 Å². The summed E-state index contributed by atoms with van der Waals surface area (Å²) in [4.78, 5) is 30.2. The number of hydrogen-bond donors (Lipinski definition) is 0. The number of carbonyl (C=O) groups is 2. The van der Waals surface area contributed by atoms with Crippen LogP contribution in [0.4, 0.5) is 0 Å². The molecule has 0 saturated carbocycles. The lowest BCUT2D eigenvalue weighted by molar-refractivity contribution is -0.146. The molecule has 3 atom stereocenters. The molecule has 3 unspecified atom stereocenters. The van der Waals surface area contributed by atoms with Crippen LogP contribution in [0, 0.1) is 5.92 Å². The molecule has 0 aromatic heterocycles. The maximum Gasteiger partial charge on any atom is 0.334 e. The first kappa shape index (κ1) is 19.6. The van der Waals surface area contributed by atoms with Crippen molar-refractivity contribution in [1.82, 2.24) is 0 Å². The third-order valence-corrected chi connectivity index (χ3v) is 5.25. The van der Waals surface area contributed by atoms with E-state index in [1.54, 1.807) is 25.1 Å². The molecule has 0 fully saturated rings. The summed E-state index contributed by atoms with van der Waals surface area (Å²) < 4.78 is 16.2. The van der Waals surface area contributed by atoms with Crippen molar-refractivity contribution >= 4 is 29.3 Å². The third-order valence-electron chi connectivity index (χ3n) is 4.91. The van der Waals surface area contributed by atoms with Gasteiger partial charge in [0.2, 0.25) is 0 Å². The standard InChI is InChI=1S/C20H22ClNO5/c1-4-26-20(24)16-15(12-7-5-6-8-13(12)21)14(19(23)25-3)11(2)18-17(16)22-9-10-27-18/h5-8,15-16,18H,4,9-10H2,1-3H3. The molecule has 1 heterocycles. The van der Waals surface area contributed by atoms with Gasteiger partial charge in [0.15, 0.2) is 0 Å². The monoisotopic (exact) mass is 391 g/mol.